The van der Waals surface area contributed by atoms with Crippen molar-refractivity contribution in [2.75, 3.05) is 19.0 Å². The summed E-state index contributed by atoms with van der Waals surface area (Å²) in [6, 6.07) is 12.5. The second kappa shape index (κ2) is 7.19. The number of non-ortho nitro benzene ring substituents is 1. The highest BCUT2D eigenvalue weighted by Crippen LogP contribution is 2.24. The van der Waals surface area contributed by atoms with Crippen LogP contribution < -0.4 is 10.1 Å². The molecule has 0 aliphatic heterocycles. The molecule has 114 valence electrons. The first-order valence-corrected chi connectivity index (χ1v) is 6.39. The van der Waals surface area contributed by atoms with Gasteiger partial charge in [0, 0.05) is 24.9 Å². The Morgan fingerprint density at radius 3 is 2.14 bits per heavy atom. The molecule has 0 atom stereocenters. The van der Waals surface area contributed by atoms with Crippen molar-refractivity contribution >= 4 is 17.3 Å². The number of nitro benzene ring substituents is 1. The van der Waals surface area contributed by atoms with Crippen LogP contribution in [-0.4, -0.2) is 24.5 Å². The quantitative estimate of drug-likeness (QED) is 0.654. The molecule has 1 amide bonds. The molecule has 0 aliphatic carbocycles. The van der Waals surface area contributed by atoms with E-state index in [1.807, 2.05) is 0 Å². The first-order chi connectivity index (χ1) is 10.6. The van der Waals surface area contributed by atoms with Gasteiger partial charge in [-0.1, -0.05) is 0 Å². The van der Waals surface area contributed by atoms with Gasteiger partial charge in [0.25, 0.3) is 5.69 Å². The van der Waals surface area contributed by atoms with Gasteiger partial charge in [-0.2, -0.15) is 0 Å². The summed E-state index contributed by atoms with van der Waals surface area (Å²) in [5.41, 5.74) is 0.627. The van der Waals surface area contributed by atoms with Gasteiger partial charge in [0.1, 0.15) is 18.1 Å². The van der Waals surface area contributed by atoms with Crippen molar-refractivity contribution in [3.63, 3.8) is 0 Å². The maximum atomic E-state index is 11.4. The lowest BCUT2D eigenvalue weighted by molar-refractivity contribution is -0.384. The second-order valence-electron chi connectivity index (χ2n) is 4.36. The summed E-state index contributed by atoms with van der Waals surface area (Å²) in [5, 5.41) is 13.2. The summed E-state index contributed by atoms with van der Waals surface area (Å²) >= 11 is 0. The van der Waals surface area contributed by atoms with Crippen LogP contribution in [0.25, 0.3) is 0 Å². The van der Waals surface area contributed by atoms with Gasteiger partial charge in [-0.3, -0.25) is 14.9 Å². The smallest absolute Gasteiger partial charge is 0.269 e. The van der Waals surface area contributed by atoms with E-state index in [4.69, 9.17) is 9.47 Å². The molecular weight excluding hydrogens is 288 g/mol. The SMILES string of the molecule is COCC(=O)Nc1ccc(Oc2ccc([N+](=O)[O-])cc2)cc1. The maximum absolute atomic E-state index is 11.4. The van der Waals surface area contributed by atoms with Crippen molar-refractivity contribution in [3.05, 3.63) is 58.6 Å². The number of nitrogens with one attached hydrogen (secondary N) is 1. The summed E-state index contributed by atoms with van der Waals surface area (Å²) in [6.07, 6.45) is 0. The van der Waals surface area contributed by atoms with Gasteiger partial charge in [0.15, 0.2) is 0 Å². The van der Waals surface area contributed by atoms with Crippen molar-refractivity contribution < 1.29 is 19.2 Å². The molecule has 7 heteroatoms. The average molecular weight is 302 g/mol. The van der Waals surface area contributed by atoms with E-state index in [1.165, 1.54) is 31.4 Å². The Labute approximate surface area is 126 Å². The molecule has 0 aliphatic rings. The molecule has 0 aromatic heterocycles. The summed E-state index contributed by atoms with van der Waals surface area (Å²) in [6.45, 7) is -0.0129. The minimum absolute atomic E-state index is 0.00329. The van der Waals surface area contributed by atoms with Crippen molar-refractivity contribution in [2.45, 2.75) is 0 Å². The number of methoxy groups -OCH3 is 1. The number of carbonyl (C=O) groups is 1. The number of rotatable bonds is 6. The van der Waals surface area contributed by atoms with E-state index in [-0.39, 0.29) is 18.2 Å². The molecule has 0 radical (unpaired) electrons. The maximum Gasteiger partial charge on any atom is 0.269 e. The molecule has 2 aromatic carbocycles. The fraction of sp³-hybridized carbons (Fsp3) is 0.133. The van der Waals surface area contributed by atoms with Gasteiger partial charge < -0.3 is 14.8 Å². The molecule has 2 aromatic rings. The van der Waals surface area contributed by atoms with Crippen molar-refractivity contribution in [1.82, 2.24) is 0 Å². The molecule has 0 bridgehead atoms. The number of amides is 1. The van der Waals surface area contributed by atoms with Crippen LogP contribution in [0.1, 0.15) is 0 Å². The lowest BCUT2D eigenvalue weighted by atomic mass is 10.3. The first kappa shape index (κ1) is 15.5. The van der Waals surface area contributed by atoms with Crippen LogP contribution in [0.4, 0.5) is 11.4 Å². The Kier molecular flexibility index (Phi) is 5.05. The van der Waals surface area contributed by atoms with Crippen LogP contribution >= 0.6 is 0 Å². The highest BCUT2D eigenvalue weighted by atomic mass is 16.6. The number of nitrogens with zero attached hydrogens (tertiary/aromatic N) is 1. The number of hydrogen-bond donors (Lipinski definition) is 1. The summed E-state index contributed by atoms with van der Waals surface area (Å²) in [7, 11) is 1.45. The predicted molar refractivity (Wildman–Crippen MR) is 80.1 cm³/mol. The number of carbonyl (C=O) groups excluding carboxylic acids is 1. The minimum atomic E-state index is -0.471. The molecule has 2 rings (SSSR count). The highest BCUT2D eigenvalue weighted by molar-refractivity contribution is 5.91. The summed E-state index contributed by atoms with van der Waals surface area (Å²) < 4.78 is 10.3. The van der Waals surface area contributed by atoms with Gasteiger partial charge >= 0.3 is 0 Å². The third-order valence-corrected chi connectivity index (χ3v) is 2.70. The van der Waals surface area contributed by atoms with E-state index in [1.54, 1.807) is 24.3 Å². The lowest BCUT2D eigenvalue weighted by Crippen LogP contribution is -2.16. The summed E-state index contributed by atoms with van der Waals surface area (Å²) in [5.74, 6) is 0.798. The predicted octanol–water partition coefficient (Wildman–Crippen LogP) is 2.97. The van der Waals surface area contributed by atoms with E-state index in [9.17, 15) is 14.9 Å². The van der Waals surface area contributed by atoms with E-state index >= 15 is 0 Å². The van der Waals surface area contributed by atoms with E-state index in [2.05, 4.69) is 5.32 Å². The Morgan fingerprint density at radius 1 is 1.09 bits per heavy atom. The fourth-order valence-electron chi connectivity index (χ4n) is 1.71. The zero-order valence-electron chi connectivity index (χ0n) is 11.8. The molecule has 22 heavy (non-hydrogen) atoms. The van der Waals surface area contributed by atoms with E-state index in [0.29, 0.717) is 17.2 Å². The molecule has 1 N–H and O–H groups in total. The van der Waals surface area contributed by atoms with Gasteiger partial charge in [0.05, 0.1) is 4.92 Å². The second-order valence-corrected chi connectivity index (χ2v) is 4.36. The van der Waals surface area contributed by atoms with E-state index < -0.39 is 4.92 Å². The van der Waals surface area contributed by atoms with Crippen molar-refractivity contribution in [1.29, 1.82) is 0 Å². The third-order valence-electron chi connectivity index (χ3n) is 2.70. The number of nitro groups is 1. The first-order valence-electron chi connectivity index (χ1n) is 6.39. The van der Waals surface area contributed by atoms with Crippen LogP contribution in [-0.2, 0) is 9.53 Å². The largest absolute Gasteiger partial charge is 0.457 e. The van der Waals surface area contributed by atoms with E-state index in [0.717, 1.165) is 0 Å². The zero-order chi connectivity index (χ0) is 15.9. The topological polar surface area (TPSA) is 90.7 Å². The molecule has 0 saturated heterocycles. The van der Waals surface area contributed by atoms with Gasteiger partial charge in [-0.25, -0.2) is 0 Å². The lowest BCUT2D eigenvalue weighted by Gasteiger charge is -2.07. The highest BCUT2D eigenvalue weighted by Gasteiger charge is 2.05. The van der Waals surface area contributed by atoms with Crippen LogP contribution in [0, 0.1) is 10.1 Å². The van der Waals surface area contributed by atoms with Gasteiger partial charge in [-0.05, 0) is 36.4 Å². The van der Waals surface area contributed by atoms with Crippen LogP contribution in [0.5, 0.6) is 11.5 Å². The Hall–Kier alpha value is -2.93. The third kappa shape index (κ3) is 4.29. The molecule has 0 unspecified atom stereocenters. The van der Waals surface area contributed by atoms with Gasteiger partial charge in [0.2, 0.25) is 5.91 Å². The van der Waals surface area contributed by atoms with Crippen LogP contribution in [0.3, 0.4) is 0 Å². The molecular formula is C15H14N2O5. The standard InChI is InChI=1S/C15H14N2O5/c1-21-10-15(18)16-11-2-6-13(7-3-11)22-14-8-4-12(5-9-14)17(19)20/h2-9H,10H2,1H3,(H,16,18). The molecule has 0 spiro atoms. The molecule has 0 saturated carbocycles. The van der Waals surface area contributed by atoms with Crippen molar-refractivity contribution in [2.24, 2.45) is 0 Å². The number of anilines is 1. The van der Waals surface area contributed by atoms with Crippen LogP contribution in [0.15, 0.2) is 48.5 Å². The molecule has 7 nitrogen and oxygen atoms in total. The molecule has 0 fully saturated rings. The fourth-order valence-corrected chi connectivity index (χ4v) is 1.71. The Bertz CT molecular complexity index is 653. The number of ether oxygens (including phenoxy) is 2. The monoisotopic (exact) mass is 302 g/mol. The minimum Gasteiger partial charge on any atom is -0.457 e. The Morgan fingerprint density at radius 2 is 1.64 bits per heavy atom. The average Bonchev–Trinajstić information content (AvgIpc) is 2.50. The molecule has 0 heterocycles. The van der Waals surface area contributed by atoms with Gasteiger partial charge in [-0.15, -0.1) is 0 Å². The Balaban J connectivity index is 1.98. The van der Waals surface area contributed by atoms with Crippen LogP contribution in [0.2, 0.25) is 0 Å². The zero-order valence-corrected chi connectivity index (χ0v) is 11.8. The normalized spacial score (nSPS) is 10.0. The van der Waals surface area contributed by atoms with Crippen molar-refractivity contribution in [3.8, 4) is 11.5 Å². The number of hydrogen-bond acceptors (Lipinski definition) is 5. The summed E-state index contributed by atoms with van der Waals surface area (Å²) in [4.78, 5) is 21.4. The number of benzene rings is 2.